The lowest BCUT2D eigenvalue weighted by Crippen LogP contribution is -2.24. The molecule has 0 saturated heterocycles. The molecule has 3 nitrogen and oxygen atoms in total. The maximum Gasteiger partial charge on any atom is 0.218 e. The van der Waals surface area contributed by atoms with E-state index in [1.165, 1.54) is 0 Å². The lowest BCUT2D eigenvalue weighted by molar-refractivity contribution is -0.522. The zero-order valence-electron chi connectivity index (χ0n) is 8.30. The van der Waals surface area contributed by atoms with E-state index in [4.69, 9.17) is 0 Å². The standard InChI is InChI=1S/C11H13BrNO2/c1-9(12)7-11(13(14)15)8-10-5-3-2-4-6-10/h2-6,9,11H,1,7-8H2. The Balaban J connectivity index is 2.63. The molecule has 1 rings (SSSR count). The first-order valence-corrected chi connectivity index (χ1v) is 5.65. The Morgan fingerprint density at radius 2 is 2.00 bits per heavy atom. The number of benzene rings is 1. The van der Waals surface area contributed by atoms with Gasteiger partial charge in [0.15, 0.2) is 0 Å². The minimum Gasteiger partial charge on any atom is -0.264 e. The molecule has 0 bridgehead atoms. The first kappa shape index (κ1) is 12.2. The van der Waals surface area contributed by atoms with Crippen LogP contribution in [0.2, 0.25) is 0 Å². The Morgan fingerprint density at radius 3 is 2.47 bits per heavy atom. The minimum atomic E-state index is -0.561. The maximum absolute atomic E-state index is 10.8. The fourth-order valence-corrected chi connectivity index (χ4v) is 1.86. The van der Waals surface area contributed by atoms with Gasteiger partial charge in [0.2, 0.25) is 6.04 Å². The van der Waals surface area contributed by atoms with Crippen LogP contribution in [-0.4, -0.2) is 15.8 Å². The molecule has 1 aromatic rings. The smallest absolute Gasteiger partial charge is 0.218 e. The highest BCUT2D eigenvalue weighted by molar-refractivity contribution is 9.09. The van der Waals surface area contributed by atoms with E-state index < -0.39 is 6.04 Å². The van der Waals surface area contributed by atoms with Crippen molar-refractivity contribution in [2.24, 2.45) is 0 Å². The fraction of sp³-hybridized carbons (Fsp3) is 0.364. The van der Waals surface area contributed by atoms with E-state index in [1.54, 1.807) is 0 Å². The Labute approximate surface area is 97.8 Å². The van der Waals surface area contributed by atoms with Crippen molar-refractivity contribution in [3.8, 4) is 0 Å². The third-order valence-electron chi connectivity index (χ3n) is 2.14. The van der Waals surface area contributed by atoms with E-state index in [1.807, 2.05) is 30.3 Å². The van der Waals surface area contributed by atoms with Crippen LogP contribution in [0, 0.1) is 17.0 Å². The zero-order valence-corrected chi connectivity index (χ0v) is 9.89. The maximum atomic E-state index is 10.8. The molecule has 0 aliphatic heterocycles. The molecular formula is C11H13BrNO2. The second-order valence-corrected chi connectivity index (χ2v) is 4.76. The van der Waals surface area contributed by atoms with Gasteiger partial charge in [-0.25, -0.2) is 0 Å². The summed E-state index contributed by atoms with van der Waals surface area (Å²) in [6.45, 7) is 3.71. The molecule has 0 N–H and O–H groups in total. The van der Waals surface area contributed by atoms with E-state index >= 15 is 0 Å². The van der Waals surface area contributed by atoms with Crippen LogP contribution in [0.3, 0.4) is 0 Å². The molecule has 4 heteroatoms. The van der Waals surface area contributed by atoms with Crippen LogP contribution in [0.1, 0.15) is 12.0 Å². The van der Waals surface area contributed by atoms with Crippen molar-refractivity contribution in [2.75, 3.05) is 0 Å². The average molecular weight is 271 g/mol. The van der Waals surface area contributed by atoms with E-state index in [0.717, 1.165) is 5.56 Å². The van der Waals surface area contributed by atoms with E-state index in [0.29, 0.717) is 12.8 Å². The summed E-state index contributed by atoms with van der Waals surface area (Å²) in [6.07, 6.45) is 0.910. The summed E-state index contributed by atoms with van der Waals surface area (Å²) in [5.41, 5.74) is 0.993. The van der Waals surface area contributed by atoms with Crippen LogP contribution in [0.5, 0.6) is 0 Å². The second kappa shape index (κ2) is 5.85. The third-order valence-corrected chi connectivity index (χ3v) is 2.51. The third kappa shape index (κ3) is 4.42. The SMILES string of the molecule is [CH2]C(Br)CC(Cc1ccccc1)[N+](=O)[O-]. The molecule has 2 unspecified atom stereocenters. The molecule has 0 amide bonds. The number of hydrogen-bond donors (Lipinski definition) is 0. The van der Waals surface area contributed by atoms with Crippen molar-refractivity contribution in [1.29, 1.82) is 0 Å². The largest absolute Gasteiger partial charge is 0.264 e. The summed E-state index contributed by atoms with van der Waals surface area (Å²) in [6, 6.07) is 8.93. The molecule has 15 heavy (non-hydrogen) atoms. The van der Waals surface area contributed by atoms with Gasteiger partial charge in [0, 0.05) is 22.6 Å². The molecule has 0 saturated carbocycles. The average Bonchev–Trinajstić information content (AvgIpc) is 2.17. The number of alkyl halides is 1. The van der Waals surface area contributed by atoms with Crippen LogP contribution in [-0.2, 0) is 6.42 Å². The highest BCUT2D eigenvalue weighted by Gasteiger charge is 2.22. The molecule has 0 heterocycles. The van der Waals surface area contributed by atoms with Crippen molar-refractivity contribution in [2.45, 2.75) is 23.7 Å². The van der Waals surface area contributed by atoms with Crippen LogP contribution >= 0.6 is 15.9 Å². The van der Waals surface area contributed by atoms with Crippen LogP contribution in [0.15, 0.2) is 30.3 Å². The number of nitro groups is 1. The number of nitrogens with zero attached hydrogens (tertiary/aromatic N) is 1. The molecule has 1 radical (unpaired) electrons. The number of halogens is 1. The fourth-order valence-electron chi connectivity index (χ4n) is 1.43. The predicted octanol–water partition coefficient (Wildman–Crippen LogP) is 2.86. The molecule has 0 aromatic heterocycles. The minimum absolute atomic E-state index is 0.0726. The summed E-state index contributed by atoms with van der Waals surface area (Å²) in [5.74, 6) is 0. The number of rotatable bonds is 5. The Kier molecular flexibility index (Phi) is 4.75. The van der Waals surface area contributed by atoms with E-state index in [9.17, 15) is 10.1 Å². The van der Waals surface area contributed by atoms with Gasteiger partial charge in [-0.05, 0) is 12.5 Å². The highest BCUT2D eigenvalue weighted by Crippen LogP contribution is 2.14. The molecule has 0 spiro atoms. The molecule has 0 aliphatic carbocycles. The van der Waals surface area contributed by atoms with Gasteiger partial charge in [0.25, 0.3) is 0 Å². The van der Waals surface area contributed by atoms with Crippen LogP contribution in [0.4, 0.5) is 0 Å². The zero-order chi connectivity index (χ0) is 11.3. The van der Waals surface area contributed by atoms with Crippen molar-refractivity contribution >= 4 is 15.9 Å². The molecular weight excluding hydrogens is 258 g/mol. The van der Waals surface area contributed by atoms with E-state index in [2.05, 4.69) is 22.9 Å². The van der Waals surface area contributed by atoms with Gasteiger partial charge in [-0.15, -0.1) is 0 Å². The number of hydrogen-bond acceptors (Lipinski definition) is 2. The summed E-state index contributed by atoms with van der Waals surface area (Å²) in [5, 5.41) is 10.8. The lowest BCUT2D eigenvalue weighted by atomic mass is 10.0. The Morgan fingerprint density at radius 1 is 1.40 bits per heavy atom. The van der Waals surface area contributed by atoms with Gasteiger partial charge in [-0.2, -0.15) is 0 Å². The molecule has 1 aromatic carbocycles. The highest BCUT2D eigenvalue weighted by atomic mass is 79.9. The van der Waals surface area contributed by atoms with Crippen molar-refractivity contribution in [1.82, 2.24) is 0 Å². The first-order valence-electron chi connectivity index (χ1n) is 4.74. The quantitative estimate of drug-likeness (QED) is 0.469. The van der Waals surface area contributed by atoms with Gasteiger partial charge >= 0.3 is 0 Å². The van der Waals surface area contributed by atoms with Gasteiger partial charge in [-0.1, -0.05) is 46.3 Å². The normalized spacial score (nSPS) is 14.5. The molecule has 2 atom stereocenters. The monoisotopic (exact) mass is 270 g/mol. The van der Waals surface area contributed by atoms with Gasteiger partial charge in [0.05, 0.1) is 0 Å². The second-order valence-electron chi connectivity index (χ2n) is 3.46. The Hall–Kier alpha value is -0.900. The summed E-state index contributed by atoms with van der Waals surface area (Å²) < 4.78 is 0. The Bertz CT molecular complexity index is 314. The van der Waals surface area contributed by atoms with Crippen molar-refractivity contribution in [3.63, 3.8) is 0 Å². The van der Waals surface area contributed by atoms with Gasteiger partial charge in [-0.3, -0.25) is 10.1 Å². The van der Waals surface area contributed by atoms with E-state index in [-0.39, 0.29) is 9.75 Å². The molecule has 0 fully saturated rings. The molecule has 0 aliphatic rings. The predicted molar refractivity (Wildman–Crippen MR) is 63.6 cm³/mol. The molecule has 81 valence electrons. The van der Waals surface area contributed by atoms with Crippen LogP contribution in [0.25, 0.3) is 0 Å². The first-order chi connectivity index (χ1) is 7.09. The van der Waals surface area contributed by atoms with Crippen molar-refractivity contribution in [3.05, 3.63) is 52.9 Å². The van der Waals surface area contributed by atoms with Gasteiger partial charge in [0.1, 0.15) is 0 Å². The lowest BCUT2D eigenvalue weighted by Gasteiger charge is -2.10. The van der Waals surface area contributed by atoms with Gasteiger partial charge < -0.3 is 0 Å². The van der Waals surface area contributed by atoms with Crippen LogP contribution < -0.4 is 0 Å². The summed E-state index contributed by atoms with van der Waals surface area (Å²) >= 11 is 3.24. The summed E-state index contributed by atoms with van der Waals surface area (Å²) in [4.78, 5) is 10.5. The summed E-state index contributed by atoms with van der Waals surface area (Å²) in [7, 11) is 0. The topological polar surface area (TPSA) is 43.1 Å². The van der Waals surface area contributed by atoms with Crippen molar-refractivity contribution < 1.29 is 4.92 Å².